The average Bonchev–Trinajstić information content (AvgIpc) is 2.27. The summed E-state index contributed by atoms with van der Waals surface area (Å²) in [6.45, 7) is 2.84. The molecule has 3 N–H and O–H groups in total. The Morgan fingerprint density at radius 3 is 3.00 bits per heavy atom. The average molecular weight is 223 g/mol. The fraction of sp³-hybridized carbons (Fsp3) is 0.455. The van der Waals surface area contributed by atoms with Gasteiger partial charge in [0.25, 0.3) is 0 Å². The van der Waals surface area contributed by atoms with Crippen molar-refractivity contribution in [1.29, 1.82) is 5.41 Å². The second kappa shape index (κ2) is 6.19. The molecule has 0 saturated carbocycles. The minimum absolute atomic E-state index is 0.00464. The lowest BCUT2D eigenvalue weighted by atomic mass is 10.2. The van der Waals surface area contributed by atoms with Gasteiger partial charge in [0.15, 0.2) is 0 Å². The zero-order chi connectivity index (χ0) is 12.0. The third-order valence-electron chi connectivity index (χ3n) is 2.07. The molecule has 16 heavy (non-hydrogen) atoms. The van der Waals surface area contributed by atoms with E-state index in [2.05, 4.69) is 4.98 Å². The van der Waals surface area contributed by atoms with E-state index in [1.807, 2.05) is 13.0 Å². The summed E-state index contributed by atoms with van der Waals surface area (Å²) in [7, 11) is 1.63. The van der Waals surface area contributed by atoms with Gasteiger partial charge in [-0.1, -0.05) is 6.07 Å². The van der Waals surface area contributed by atoms with Crippen LogP contribution >= 0.6 is 0 Å². The van der Waals surface area contributed by atoms with E-state index in [9.17, 15) is 0 Å². The molecule has 0 aromatic carbocycles. The first-order valence-electron chi connectivity index (χ1n) is 5.04. The largest absolute Gasteiger partial charge is 0.382 e. The Morgan fingerprint density at radius 2 is 2.38 bits per heavy atom. The molecular formula is C11H17N3O2. The number of nitrogens with zero attached hydrogens (tertiary/aromatic N) is 1. The highest BCUT2D eigenvalue weighted by Crippen LogP contribution is 2.08. The number of amidine groups is 1. The number of nitrogens with two attached hydrogens (primary N) is 1. The zero-order valence-electron chi connectivity index (χ0n) is 9.56. The van der Waals surface area contributed by atoms with E-state index in [1.54, 1.807) is 19.4 Å². The van der Waals surface area contributed by atoms with Crippen LogP contribution in [0.25, 0.3) is 0 Å². The smallest absolute Gasteiger partial charge is 0.142 e. The Hall–Kier alpha value is -1.46. The molecule has 1 aromatic heterocycles. The van der Waals surface area contributed by atoms with Crippen molar-refractivity contribution < 1.29 is 9.47 Å². The third-order valence-corrected chi connectivity index (χ3v) is 2.07. The van der Waals surface area contributed by atoms with Crippen molar-refractivity contribution in [3.63, 3.8) is 0 Å². The van der Waals surface area contributed by atoms with Gasteiger partial charge >= 0.3 is 0 Å². The highest BCUT2D eigenvalue weighted by Gasteiger charge is 2.08. The quantitative estimate of drug-likeness (QED) is 0.555. The second-order valence-corrected chi connectivity index (χ2v) is 3.50. The van der Waals surface area contributed by atoms with E-state index in [0.717, 1.165) is 5.56 Å². The van der Waals surface area contributed by atoms with Crippen LogP contribution in [0.15, 0.2) is 18.3 Å². The Kier molecular flexibility index (Phi) is 4.88. The van der Waals surface area contributed by atoms with Crippen molar-refractivity contribution in [2.24, 2.45) is 5.73 Å². The molecule has 0 spiro atoms. The van der Waals surface area contributed by atoms with Gasteiger partial charge in [0.2, 0.25) is 0 Å². The van der Waals surface area contributed by atoms with E-state index < -0.39 is 0 Å². The van der Waals surface area contributed by atoms with Gasteiger partial charge < -0.3 is 15.2 Å². The van der Waals surface area contributed by atoms with Crippen LogP contribution in [0, 0.1) is 5.41 Å². The molecule has 5 nitrogen and oxygen atoms in total. The Morgan fingerprint density at radius 1 is 1.62 bits per heavy atom. The lowest BCUT2D eigenvalue weighted by Crippen LogP contribution is -2.19. The van der Waals surface area contributed by atoms with Crippen LogP contribution in [-0.2, 0) is 16.1 Å². The van der Waals surface area contributed by atoms with Crippen molar-refractivity contribution in [1.82, 2.24) is 4.98 Å². The fourth-order valence-electron chi connectivity index (χ4n) is 1.31. The highest BCUT2D eigenvalue weighted by molar-refractivity contribution is 5.94. The molecule has 1 aromatic rings. The van der Waals surface area contributed by atoms with Gasteiger partial charge in [0, 0.05) is 18.9 Å². The third kappa shape index (κ3) is 3.60. The second-order valence-electron chi connectivity index (χ2n) is 3.50. The number of nitrogen functional groups attached to an aromatic ring is 1. The summed E-state index contributed by atoms with van der Waals surface area (Å²) in [6, 6.07) is 3.65. The van der Waals surface area contributed by atoms with E-state index >= 15 is 0 Å². The maximum atomic E-state index is 7.38. The Labute approximate surface area is 95.1 Å². The first kappa shape index (κ1) is 12.6. The molecule has 1 heterocycles. The number of aromatic nitrogens is 1. The maximum Gasteiger partial charge on any atom is 0.142 e. The van der Waals surface area contributed by atoms with Crippen LogP contribution in [0.3, 0.4) is 0 Å². The molecule has 0 aliphatic carbocycles. The van der Waals surface area contributed by atoms with E-state index in [4.69, 9.17) is 20.6 Å². The molecule has 0 amide bonds. The van der Waals surface area contributed by atoms with Gasteiger partial charge in [0.05, 0.1) is 19.3 Å². The first-order valence-corrected chi connectivity index (χ1v) is 5.04. The summed E-state index contributed by atoms with van der Waals surface area (Å²) in [5, 5.41) is 7.38. The molecule has 5 heteroatoms. The molecule has 1 unspecified atom stereocenters. The van der Waals surface area contributed by atoms with Crippen molar-refractivity contribution in [2.75, 3.05) is 13.7 Å². The lowest BCUT2D eigenvalue weighted by molar-refractivity contribution is -0.000271. The molecule has 0 bridgehead atoms. The number of ether oxygens (including phenoxy) is 2. The summed E-state index contributed by atoms with van der Waals surface area (Å²) >= 11 is 0. The maximum absolute atomic E-state index is 7.38. The van der Waals surface area contributed by atoms with Crippen molar-refractivity contribution in [2.45, 2.75) is 19.6 Å². The topological polar surface area (TPSA) is 81.2 Å². The molecule has 0 aliphatic rings. The van der Waals surface area contributed by atoms with Crippen LogP contribution in [0.1, 0.15) is 18.2 Å². The summed E-state index contributed by atoms with van der Waals surface area (Å²) in [5.74, 6) is -0.0430. The van der Waals surface area contributed by atoms with Crippen LogP contribution in [0.4, 0.5) is 0 Å². The lowest BCUT2D eigenvalue weighted by Gasteiger charge is -2.13. The normalized spacial score (nSPS) is 12.4. The summed E-state index contributed by atoms with van der Waals surface area (Å²) < 4.78 is 10.5. The molecular weight excluding hydrogens is 206 g/mol. The van der Waals surface area contributed by atoms with E-state index in [-0.39, 0.29) is 11.9 Å². The number of hydrogen-bond acceptors (Lipinski definition) is 4. The highest BCUT2D eigenvalue weighted by atomic mass is 16.5. The molecule has 0 fully saturated rings. The standard InChI is InChI=1S/C11H17N3O2/c1-8(6-15-2)16-7-9-4-3-5-14-10(9)11(12)13/h3-5,8H,6-7H2,1-2H3,(H3,12,13). The van der Waals surface area contributed by atoms with Crippen molar-refractivity contribution in [3.8, 4) is 0 Å². The van der Waals surface area contributed by atoms with Crippen LogP contribution < -0.4 is 5.73 Å². The number of nitrogens with one attached hydrogen (secondary N) is 1. The van der Waals surface area contributed by atoms with Gasteiger partial charge in [-0.3, -0.25) is 10.4 Å². The molecule has 0 aliphatic heterocycles. The van der Waals surface area contributed by atoms with E-state index in [1.165, 1.54) is 0 Å². The number of methoxy groups -OCH3 is 1. The number of hydrogen-bond donors (Lipinski definition) is 2. The van der Waals surface area contributed by atoms with Crippen LogP contribution in [0.2, 0.25) is 0 Å². The SMILES string of the molecule is COCC(C)OCc1cccnc1C(=N)N. The van der Waals surface area contributed by atoms with Gasteiger partial charge in [-0.15, -0.1) is 0 Å². The molecule has 1 rings (SSSR count). The molecule has 0 radical (unpaired) electrons. The Balaban J connectivity index is 2.63. The summed E-state index contributed by atoms with van der Waals surface area (Å²) in [4.78, 5) is 4.04. The van der Waals surface area contributed by atoms with Crippen LogP contribution in [-0.4, -0.2) is 30.6 Å². The van der Waals surface area contributed by atoms with Crippen molar-refractivity contribution in [3.05, 3.63) is 29.6 Å². The number of pyridine rings is 1. The number of rotatable bonds is 6. The van der Waals surface area contributed by atoms with Gasteiger partial charge in [-0.2, -0.15) is 0 Å². The minimum atomic E-state index is -0.0430. The predicted octanol–water partition coefficient (Wildman–Crippen LogP) is 0.917. The monoisotopic (exact) mass is 223 g/mol. The molecule has 88 valence electrons. The van der Waals surface area contributed by atoms with E-state index in [0.29, 0.717) is 18.9 Å². The molecule has 1 atom stereocenters. The first-order chi connectivity index (χ1) is 7.65. The molecule has 0 saturated heterocycles. The van der Waals surface area contributed by atoms with Gasteiger partial charge in [-0.05, 0) is 13.0 Å². The zero-order valence-corrected chi connectivity index (χ0v) is 9.56. The summed E-state index contributed by atoms with van der Waals surface area (Å²) in [6.07, 6.45) is 1.61. The van der Waals surface area contributed by atoms with Crippen molar-refractivity contribution >= 4 is 5.84 Å². The Bertz CT molecular complexity index is 355. The summed E-state index contributed by atoms with van der Waals surface area (Å²) in [5.41, 5.74) is 6.72. The van der Waals surface area contributed by atoms with Gasteiger partial charge in [0.1, 0.15) is 11.5 Å². The van der Waals surface area contributed by atoms with Crippen LogP contribution in [0.5, 0.6) is 0 Å². The minimum Gasteiger partial charge on any atom is -0.382 e. The van der Waals surface area contributed by atoms with Gasteiger partial charge in [-0.25, -0.2) is 0 Å². The fourth-order valence-corrected chi connectivity index (χ4v) is 1.31. The predicted molar refractivity (Wildman–Crippen MR) is 61.4 cm³/mol.